The van der Waals surface area contributed by atoms with E-state index in [1.165, 1.54) is 0 Å². The molecule has 90 valence electrons. The van der Waals surface area contributed by atoms with Crippen LogP contribution in [0.5, 0.6) is 5.75 Å². The van der Waals surface area contributed by atoms with Crippen LogP contribution < -0.4 is 10.5 Å². The lowest BCUT2D eigenvalue weighted by molar-refractivity contribution is 0.120. The second kappa shape index (κ2) is 4.34. The Balaban J connectivity index is 2.50. The van der Waals surface area contributed by atoms with Crippen molar-refractivity contribution in [3.63, 3.8) is 0 Å². The van der Waals surface area contributed by atoms with Gasteiger partial charge in [-0.15, -0.1) is 0 Å². The van der Waals surface area contributed by atoms with Crippen molar-refractivity contribution in [3.05, 3.63) is 36.0 Å². The number of rotatable bonds is 3. The summed E-state index contributed by atoms with van der Waals surface area (Å²) in [7, 11) is 0. The fourth-order valence-electron chi connectivity index (χ4n) is 1.64. The predicted molar refractivity (Wildman–Crippen MR) is 70.2 cm³/mol. The third-order valence-corrected chi connectivity index (χ3v) is 2.70. The lowest BCUT2D eigenvalue weighted by atomic mass is 10.1. The molecule has 0 radical (unpaired) electrons. The highest BCUT2D eigenvalue weighted by atomic mass is 16.5. The van der Waals surface area contributed by atoms with Gasteiger partial charge in [0.05, 0.1) is 0 Å². The van der Waals surface area contributed by atoms with Gasteiger partial charge in [-0.3, -0.25) is 0 Å². The summed E-state index contributed by atoms with van der Waals surface area (Å²) < 4.78 is 5.93. The van der Waals surface area contributed by atoms with Crippen LogP contribution in [0.15, 0.2) is 30.3 Å². The molecule has 1 aromatic carbocycles. The summed E-state index contributed by atoms with van der Waals surface area (Å²) in [5.74, 6) is 0.793. The number of aryl methyl sites for hydroxylation is 1. The Bertz CT molecular complexity index is 535. The van der Waals surface area contributed by atoms with E-state index < -0.39 is 0 Å². The van der Waals surface area contributed by atoms with Gasteiger partial charge in [-0.25, -0.2) is 4.98 Å². The fraction of sp³-hybridized carbons (Fsp3) is 0.357. The summed E-state index contributed by atoms with van der Waals surface area (Å²) in [5.41, 5.74) is 7.19. The van der Waals surface area contributed by atoms with Crippen LogP contribution >= 0.6 is 0 Å². The Hall–Kier alpha value is -1.61. The van der Waals surface area contributed by atoms with Crippen LogP contribution in [0, 0.1) is 6.92 Å². The summed E-state index contributed by atoms with van der Waals surface area (Å²) in [6.07, 6.45) is 0. The Kier molecular flexibility index (Phi) is 3.03. The summed E-state index contributed by atoms with van der Waals surface area (Å²) in [4.78, 5) is 4.53. The zero-order valence-electron chi connectivity index (χ0n) is 10.5. The molecule has 0 saturated heterocycles. The minimum atomic E-state index is -0.375. The van der Waals surface area contributed by atoms with Gasteiger partial charge in [-0.2, -0.15) is 0 Å². The molecule has 0 aliphatic rings. The number of pyridine rings is 1. The van der Waals surface area contributed by atoms with Gasteiger partial charge in [0.25, 0.3) is 0 Å². The first-order valence-electron chi connectivity index (χ1n) is 5.77. The van der Waals surface area contributed by atoms with Crippen LogP contribution in [0.1, 0.15) is 19.5 Å². The van der Waals surface area contributed by atoms with Gasteiger partial charge < -0.3 is 10.5 Å². The molecule has 1 aromatic heterocycles. The number of ether oxygens (including phenoxy) is 1. The van der Waals surface area contributed by atoms with E-state index in [-0.39, 0.29) is 5.60 Å². The van der Waals surface area contributed by atoms with Gasteiger partial charge >= 0.3 is 0 Å². The Morgan fingerprint density at radius 2 is 2.00 bits per heavy atom. The average Bonchev–Trinajstić information content (AvgIpc) is 2.30. The molecule has 2 N–H and O–H groups in total. The molecule has 0 aliphatic heterocycles. The molecule has 0 unspecified atom stereocenters. The van der Waals surface area contributed by atoms with E-state index in [0.29, 0.717) is 6.54 Å². The lowest BCUT2D eigenvalue weighted by Crippen LogP contribution is -2.37. The van der Waals surface area contributed by atoms with E-state index >= 15 is 0 Å². The summed E-state index contributed by atoms with van der Waals surface area (Å²) in [6.45, 7) is 6.39. The van der Waals surface area contributed by atoms with Gasteiger partial charge in [0.2, 0.25) is 0 Å². The lowest BCUT2D eigenvalue weighted by Gasteiger charge is -2.25. The third-order valence-electron chi connectivity index (χ3n) is 2.70. The largest absolute Gasteiger partial charge is 0.484 e. The van der Waals surface area contributed by atoms with Crippen molar-refractivity contribution < 1.29 is 4.74 Å². The number of para-hydroxylation sites is 1. The molecule has 17 heavy (non-hydrogen) atoms. The highest BCUT2D eigenvalue weighted by Gasteiger charge is 2.18. The van der Waals surface area contributed by atoms with Crippen molar-refractivity contribution in [2.24, 2.45) is 5.73 Å². The standard InChI is InChI=1S/C14H18N2O/c1-10-7-8-11-5-4-6-12(13(11)16-10)17-14(2,3)9-15/h4-8H,9,15H2,1-3H3. The maximum Gasteiger partial charge on any atom is 0.146 e. The zero-order valence-corrected chi connectivity index (χ0v) is 10.5. The number of hydrogen-bond donors (Lipinski definition) is 1. The monoisotopic (exact) mass is 230 g/mol. The predicted octanol–water partition coefficient (Wildman–Crippen LogP) is 2.66. The van der Waals surface area contributed by atoms with Crippen molar-refractivity contribution in [3.8, 4) is 5.75 Å². The highest BCUT2D eigenvalue weighted by molar-refractivity contribution is 5.84. The van der Waals surface area contributed by atoms with E-state index in [1.807, 2.05) is 45.0 Å². The van der Waals surface area contributed by atoms with Gasteiger partial charge in [0.15, 0.2) is 0 Å². The summed E-state index contributed by atoms with van der Waals surface area (Å²) in [6, 6.07) is 10.00. The van der Waals surface area contributed by atoms with E-state index in [2.05, 4.69) is 11.1 Å². The third kappa shape index (κ3) is 2.56. The van der Waals surface area contributed by atoms with Crippen molar-refractivity contribution in [2.75, 3.05) is 6.54 Å². The molecule has 0 bridgehead atoms. The number of nitrogens with zero attached hydrogens (tertiary/aromatic N) is 1. The second-order valence-corrected chi connectivity index (χ2v) is 4.85. The molecule has 2 rings (SSSR count). The Labute approximate surface area is 102 Å². The molecule has 1 heterocycles. The SMILES string of the molecule is Cc1ccc2cccc(OC(C)(C)CN)c2n1. The van der Waals surface area contributed by atoms with Crippen molar-refractivity contribution in [1.29, 1.82) is 0 Å². The molecule has 0 aliphatic carbocycles. The molecule has 0 spiro atoms. The molecular formula is C14H18N2O. The molecule has 3 heteroatoms. The minimum absolute atomic E-state index is 0.375. The number of aromatic nitrogens is 1. The number of benzene rings is 1. The number of nitrogens with two attached hydrogens (primary N) is 1. The van der Waals surface area contributed by atoms with Crippen LogP contribution in [0.3, 0.4) is 0 Å². The van der Waals surface area contributed by atoms with Gasteiger partial charge in [-0.1, -0.05) is 18.2 Å². The molecule has 0 amide bonds. The van der Waals surface area contributed by atoms with E-state index in [1.54, 1.807) is 0 Å². The highest BCUT2D eigenvalue weighted by Crippen LogP contribution is 2.26. The first-order valence-corrected chi connectivity index (χ1v) is 5.77. The van der Waals surface area contributed by atoms with Crippen molar-refractivity contribution >= 4 is 10.9 Å². The van der Waals surface area contributed by atoms with E-state index in [9.17, 15) is 0 Å². The van der Waals surface area contributed by atoms with Gasteiger partial charge in [0, 0.05) is 17.6 Å². The van der Waals surface area contributed by atoms with Crippen LogP contribution in [0.2, 0.25) is 0 Å². The van der Waals surface area contributed by atoms with Crippen LogP contribution in [0.25, 0.3) is 10.9 Å². The molecule has 0 atom stereocenters. The summed E-state index contributed by atoms with van der Waals surface area (Å²) >= 11 is 0. The molecule has 0 fully saturated rings. The minimum Gasteiger partial charge on any atom is -0.484 e. The molecule has 3 nitrogen and oxygen atoms in total. The first kappa shape index (κ1) is 11.9. The van der Waals surface area contributed by atoms with E-state index in [0.717, 1.165) is 22.3 Å². The normalized spacial score (nSPS) is 11.8. The molecular weight excluding hydrogens is 212 g/mol. The maximum absolute atomic E-state index is 5.93. The fourth-order valence-corrected chi connectivity index (χ4v) is 1.64. The average molecular weight is 230 g/mol. The van der Waals surface area contributed by atoms with E-state index in [4.69, 9.17) is 10.5 Å². The summed E-state index contributed by atoms with van der Waals surface area (Å²) in [5, 5.41) is 1.08. The quantitative estimate of drug-likeness (QED) is 0.881. The molecule has 0 saturated carbocycles. The maximum atomic E-state index is 5.93. The van der Waals surface area contributed by atoms with Gasteiger partial charge in [0.1, 0.15) is 16.9 Å². The number of hydrogen-bond acceptors (Lipinski definition) is 3. The Morgan fingerprint density at radius 3 is 2.71 bits per heavy atom. The first-order chi connectivity index (χ1) is 8.02. The molecule has 2 aromatic rings. The second-order valence-electron chi connectivity index (χ2n) is 4.85. The Morgan fingerprint density at radius 1 is 1.24 bits per heavy atom. The van der Waals surface area contributed by atoms with Crippen LogP contribution in [-0.4, -0.2) is 17.1 Å². The topological polar surface area (TPSA) is 48.1 Å². The van der Waals surface area contributed by atoms with Crippen LogP contribution in [-0.2, 0) is 0 Å². The van der Waals surface area contributed by atoms with Crippen molar-refractivity contribution in [2.45, 2.75) is 26.4 Å². The smallest absolute Gasteiger partial charge is 0.146 e. The van der Waals surface area contributed by atoms with Crippen molar-refractivity contribution in [1.82, 2.24) is 4.98 Å². The number of fused-ring (bicyclic) bond motifs is 1. The van der Waals surface area contributed by atoms with Crippen LogP contribution in [0.4, 0.5) is 0 Å². The van der Waals surface area contributed by atoms with Gasteiger partial charge in [-0.05, 0) is 32.9 Å². The zero-order chi connectivity index (χ0) is 12.5.